The standard InChI is InChI=1S/C33H25N5/c1-2-9-24(10-3-1)37-28-12-5-4-11-26(28)32-30(37)20-27-31-29(13-7-19-35-31)38(33(27)36-32)25-16-14-22(15-17-25)23-8-6-18-34-21-23/h1-2,4-9,11-21,32,36H,3,10H2. The summed E-state index contributed by atoms with van der Waals surface area (Å²) >= 11 is 0. The molecule has 1 atom stereocenters. The first-order valence-electron chi connectivity index (χ1n) is 13.1. The van der Waals surface area contributed by atoms with Crippen molar-refractivity contribution in [3.05, 3.63) is 132 Å². The van der Waals surface area contributed by atoms with Crippen molar-refractivity contribution in [2.24, 2.45) is 0 Å². The average molecular weight is 492 g/mol. The summed E-state index contributed by atoms with van der Waals surface area (Å²) in [7, 11) is 0. The number of nitrogens with one attached hydrogen (secondary N) is 1. The quantitative estimate of drug-likeness (QED) is 0.282. The van der Waals surface area contributed by atoms with Gasteiger partial charge in [-0.3, -0.25) is 14.5 Å². The van der Waals surface area contributed by atoms with Crippen molar-refractivity contribution in [1.82, 2.24) is 14.5 Å². The molecule has 0 amide bonds. The zero-order valence-corrected chi connectivity index (χ0v) is 20.8. The monoisotopic (exact) mass is 491 g/mol. The molecule has 3 aliphatic rings. The number of anilines is 2. The van der Waals surface area contributed by atoms with E-state index in [-0.39, 0.29) is 6.04 Å². The Morgan fingerprint density at radius 3 is 2.61 bits per heavy atom. The van der Waals surface area contributed by atoms with Crippen LogP contribution in [0.25, 0.3) is 33.9 Å². The van der Waals surface area contributed by atoms with Crippen LogP contribution in [0.5, 0.6) is 0 Å². The number of nitrogens with zero attached hydrogens (tertiary/aromatic N) is 4. The lowest BCUT2D eigenvalue weighted by molar-refractivity contribution is 0.856. The summed E-state index contributed by atoms with van der Waals surface area (Å²) < 4.78 is 2.31. The third kappa shape index (κ3) is 3.12. The van der Waals surface area contributed by atoms with Gasteiger partial charge >= 0.3 is 0 Å². The molecule has 8 rings (SSSR count). The van der Waals surface area contributed by atoms with Crippen molar-refractivity contribution in [1.29, 1.82) is 0 Å². The van der Waals surface area contributed by atoms with Crippen molar-refractivity contribution in [2.75, 3.05) is 10.2 Å². The molecule has 3 aromatic heterocycles. The van der Waals surface area contributed by atoms with Crippen LogP contribution in [0.1, 0.15) is 30.0 Å². The van der Waals surface area contributed by atoms with E-state index < -0.39 is 0 Å². The summed E-state index contributed by atoms with van der Waals surface area (Å²) in [6, 6.07) is 25.8. The van der Waals surface area contributed by atoms with Crippen LogP contribution in [0, 0.1) is 0 Å². The van der Waals surface area contributed by atoms with Gasteiger partial charge in [-0.25, -0.2) is 0 Å². The van der Waals surface area contributed by atoms with E-state index in [0.717, 1.165) is 52.1 Å². The van der Waals surface area contributed by atoms with Crippen LogP contribution in [0.2, 0.25) is 0 Å². The predicted octanol–water partition coefficient (Wildman–Crippen LogP) is 7.65. The molecule has 1 aliphatic carbocycles. The largest absolute Gasteiger partial charge is 0.358 e. The molecule has 38 heavy (non-hydrogen) atoms. The SMILES string of the molecule is C1=CCCC(N2C3=Cc4c(n(-c5ccc(-c6cccnc6)cc5)c5cccnc45)NC3c3ccccc32)=C1. The molecule has 0 saturated carbocycles. The number of aromatic nitrogens is 3. The van der Waals surface area contributed by atoms with E-state index in [1.54, 1.807) is 6.20 Å². The first-order chi connectivity index (χ1) is 18.9. The Morgan fingerprint density at radius 2 is 1.76 bits per heavy atom. The Bertz CT molecular complexity index is 1790. The van der Waals surface area contributed by atoms with E-state index in [1.165, 1.54) is 22.6 Å². The van der Waals surface area contributed by atoms with Crippen molar-refractivity contribution in [3.63, 3.8) is 0 Å². The third-order valence-electron chi connectivity index (χ3n) is 7.78. The lowest BCUT2D eigenvalue weighted by atomic mass is 10.0. The zero-order valence-electron chi connectivity index (χ0n) is 20.8. The number of para-hydroxylation sites is 1. The van der Waals surface area contributed by atoms with Gasteiger partial charge in [0.1, 0.15) is 5.82 Å². The van der Waals surface area contributed by atoms with Crippen LogP contribution in [0.4, 0.5) is 11.5 Å². The minimum Gasteiger partial charge on any atom is -0.358 e. The Labute approximate surface area is 221 Å². The molecule has 5 heteroatoms. The summed E-state index contributed by atoms with van der Waals surface area (Å²) in [5, 5.41) is 3.94. The van der Waals surface area contributed by atoms with Crippen LogP contribution in [0.15, 0.2) is 121 Å². The van der Waals surface area contributed by atoms with E-state index in [9.17, 15) is 0 Å². The molecule has 182 valence electrons. The number of allylic oxidation sites excluding steroid dienone is 4. The lowest BCUT2D eigenvalue weighted by Gasteiger charge is -2.30. The summed E-state index contributed by atoms with van der Waals surface area (Å²) in [5.41, 5.74) is 11.7. The fraction of sp³-hybridized carbons (Fsp3) is 0.0909. The van der Waals surface area contributed by atoms with Crippen molar-refractivity contribution < 1.29 is 0 Å². The summed E-state index contributed by atoms with van der Waals surface area (Å²) in [4.78, 5) is 11.6. The Balaban J connectivity index is 1.31. The number of hydrogen-bond acceptors (Lipinski definition) is 4. The maximum Gasteiger partial charge on any atom is 0.121 e. The highest BCUT2D eigenvalue weighted by Crippen LogP contribution is 2.51. The van der Waals surface area contributed by atoms with E-state index in [0.29, 0.717) is 0 Å². The first kappa shape index (κ1) is 21.2. The van der Waals surface area contributed by atoms with Crippen LogP contribution in [-0.4, -0.2) is 14.5 Å². The van der Waals surface area contributed by atoms with Crippen molar-refractivity contribution >= 4 is 28.6 Å². The summed E-state index contributed by atoms with van der Waals surface area (Å²) in [6.45, 7) is 0. The Morgan fingerprint density at radius 1 is 0.868 bits per heavy atom. The van der Waals surface area contributed by atoms with Crippen LogP contribution < -0.4 is 10.2 Å². The lowest BCUT2D eigenvalue weighted by Crippen LogP contribution is -2.25. The number of benzene rings is 2. The molecule has 1 N–H and O–H groups in total. The predicted molar refractivity (Wildman–Crippen MR) is 154 cm³/mol. The minimum atomic E-state index is 0.0724. The molecule has 5 heterocycles. The number of fused-ring (bicyclic) bond motifs is 6. The molecule has 0 radical (unpaired) electrons. The highest BCUT2D eigenvalue weighted by atomic mass is 15.3. The molecule has 5 aromatic rings. The summed E-state index contributed by atoms with van der Waals surface area (Å²) in [5.74, 6) is 1.08. The van der Waals surface area contributed by atoms with Crippen LogP contribution in [-0.2, 0) is 0 Å². The fourth-order valence-corrected chi connectivity index (χ4v) is 6.07. The molecule has 2 aliphatic heterocycles. The van der Waals surface area contributed by atoms with Crippen LogP contribution >= 0.6 is 0 Å². The van der Waals surface area contributed by atoms with Crippen LogP contribution in [0.3, 0.4) is 0 Å². The second-order valence-electron chi connectivity index (χ2n) is 9.92. The van der Waals surface area contributed by atoms with Gasteiger partial charge in [0.25, 0.3) is 0 Å². The number of pyridine rings is 2. The van der Waals surface area contributed by atoms with E-state index in [2.05, 4.69) is 105 Å². The van der Waals surface area contributed by atoms with E-state index >= 15 is 0 Å². The molecule has 5 nitrogen and oxygen atoms in total. The van der Waals surface area contributed by atoms with Gasteiger partial charge in [-0.1, -0.05) is 48.6 Å². The fourth-order valence-electron chi connectivity index (χ4n) is 6.07. The van der Waals surface area contributed by atoms with Crippen molar-refractivity contribution in [2.45, 2.75) is 18.9 Å². The maximum absolute atomic E-state index is 4.85. The van der Waals surface area contributed by atoms with Gasteiger partial charge in [-0.05, 0) is 72.5 Å². The topological polar surface area (TPSA) is 46.0 Å². The smallest absolute Gasteiger partial charge is 0.121 e. The van der Waals surface area contributed by atoms with Gasteiger partial charge in [0.2, 0.25) is 0 Å². The van der Waals surface area contributed by atoms with Gasteiger partial charge < -0.3 is 10.2 Å². The molecule has 2 aromatic carbocycles. The normalized spacial score (nSPS) is 17.4. The van der Waals surface area contributed by atoms with Gasteiger partial charge in [0.15, 0.2) is 0 Å². The van der Waals surface area contributed by atoms with Gasteiger partial charge in [0.05, 0.1) is 28.5 Å². The highest BCUT2D eigenvalue weighted by molar-refractivity contribution is 5.98. The maximum atomic E-state index is 4.85. The molecular formula is C33H25N5. The average Bonchev–Trinajstić information content (AvgIpc) is 3.49. The van der Waals surface area contributed by atoms with E-state index in [1.807, 2.05) is 24.5 Å². The molecule has 0 spiro atoms. The number of hydrogen-bond donors (Lipinski definition) is 1. The second-order valence-corrected chi connectivity index (χ2v) is 9.92. The molecule has 0 fully saturated rings. The van der Waals surface area contributed by atoms with E-state index in [4.69, 9.17) is 4.98 Å². The Hall–Kier alpha value is -4.90. The van der Waals surface area contributed by atoms with Gasteiger partial charge in [0, 0.05) is 41.1 Å². The molecule has 0 bridgehead atoms. The molecule has 1 unspecified atom stereocenters. The third-order valence-corrected chi connectivity index (χ3v) is 7.78. The van der Waals surface area contributed by atoms with Crippen molar-refractivity contribution in [3.8, 4) is 16.8 Å². The minimum absolute atomic E-state index is 0.0724. The first-order valence-corrected chi connectivity index (χ1v) is 13.1. The van der Waals surface area contributed by atoms with Gasteiger partial charge in [-0.2, -0.15) is 0 Å². The number of rotatable bonds is 3. The Kier molecular flexibility index (Phi) is 4.64. The second kappa shape index (κ2) is 8.32. The zero-order chi connectivity index (χ0) is 25.1. The highest BCUT2D eigenvalue weighted by Gasteiger charge is 2.39. The van der Waals surface area contributed by atoms with Gasteiger partial charge in [-0.15, -0.1) is 0 Å². The molecular weight excluding hydrogens is 466 g/mol. The molecule has 0 saturated heterocycles. The summed E-state index contributed by atoms with van der Waals surface area (Å²) in [6.07, 6.45) is 16.7.